The molecule has 142 valence electrons. The van der Waals surface area contributed by atoms with Crippen molar-refractivity contribution < 1.29 is 14.1 Å². The molecule has 1 aromatic heterocycles. The van der Waals surface area contributed by atoms with E-state index in [0.717, 1.165) is 19.3 Å². The van der Waals surface area contributed by atoms with E-state index in [1.54, 1.807) is 13.0 Å². The van der Waals surface area contributed by atoms with Gasteiger partial charge in [0, 0.05) is 6.07 Å². The summed E-state index contributed by atoms with van der Waals surface area (Å²) in [5.74, 6) is 3.01. The zero-order chi connectivity index (χ0) is 18.3. The van der Waals surface area contributed by atoms with Gasteiger partial charge in [0.2, 0.25) is 11.8 Å². The molecule has 3 N–H and O–H groups in total. The van der Waals surface area contributed by atoms with Crippen molar-refractivity contribution in [3.63, 3.8) is 0 Å². The van der Waals surface area contributed by atoms with Crippen LogP contribution in [-0.4, -0.2) is 23.0 Å². The zero-order valence-corrected chi connectivity index (χ0v) is 15.5. The summed E-state index contributed by atoms with van der Waals surface area (Å²) >= 11 is 0. The minimum absolute atomic E-state index is 0.0696. The predicted octanol–water partition coefficient (Wildman–Crippen LogP) is 2.54. The molecular formula is C19H28N4O3. The van der Waals surface area contributed by atoms with Gasteiger partial charge >= 0.3 is 0 Å². The Hall–Kier alpha value is -1.89. The molecule has 1 unspecified atom stereocenters. The number of hydrogen-bond donors (Lipinski definition) is 3. The van der Waals surface area contributed by atoms with Gasteiger partial charge in [-0.25, -0.2) is 5.43 Å². The highest BCUT2D eigenvalue weighted by Gasteiger charge is 2.54. The molecule has 0 saturated heterocycles. The van der Waals surface area contributed by atoms with E-state index in [-0.39, 0.29) is 17.2 Å². The summed E-state index contributed by atoms with van der Waals surface area (Å²) in [6, 6.07) is 1.16. The van der Waals surface area contributed by atoms with Gasteiger partial charge in [0.25, 0.3) is 0 Å². The van der Waals surface area contributed by atoms with Crippen molar-refractivity contribution in [3.8, 4) is 0 Å². The van der Waals surface area contributed by atoms with E-state index in [9.17, 15) is 9.59 Å². The van der Waals surface area contributed by atoms with Crippen LogP contribution in [0.3, 0.4) is 0 Å². The zero-order valence-electron chi connectivity index (χ0n) is 15.5. The van der Waals surface area contributed by atoms with Crippen molar-refractivity contribution in [2.24, 2.45) is 23.2 Å². The van der Waals surface area contributed by atoms with Crippen molar-refractivity contribution in [1.29, 1.82) is 0 Å². The van der Waals surface area contributed by atoms with Crippen LogP contribution in [0.5, 0.6) is 0 Å². The normalized spacial score (nSPS) is 33.1. The van der Waals surface area contributed by atoms with E-state index in [1.165, 1.54) is 19.3 Å². The first-order valence-corrected chi connectivity index (χ1v) is 9.77. The van der Waals surface area contributed by atoms with Crippen molar-refractivity contribution in [2.45, 2.75) is 64.8 Å². The maximum absolute atomic E-state index is 13.0. The average molecular weight is 360 g/mol. The predicted molar refractivity (Wildman–Crippen MR) is 95.8 cm³/mol. The molecule has 0 aromatic carbocycles. The van der Waals surface area contributed by atoms with Crippen molar-refractivity contribution >= 4 is 17.6 Å². The summed E-state index contributed by atoms with van der Waals surface area (Å²) in [5, 5.41) is 6.49. The van der Waals surface area contributed by atoms with Gasteiger partial charge < -0.3 is 9.84 Å². The van der Waals surface area contributed by atoms with E-state index in [1.807, 2.05) is 6.92 Å². The molecule has 1 atom stereocenters. The number of anilines is 1. The molecule has 2 amide bonds. The molecule has 7 heteroatoms. The summed E-state index contributed by atoms with van der Waals surface area (Å²) in [6.45, 7) is 3.67. The summed E-state index contributed by atoms with van der Waals surface area (Å²) in [6.07, 6.45) is 7.49. The fraction of sp³-hybridized carbons (Fsp3) is 0.737. The van der Waals surface area contributed by atoms with Crippen LogP contribution in [0.15, 0.2) is 10.6 Å². The van der Waals surface area contributed by atoms with Gasteiger partial charge in [0.1, 0.15) is 11.8 Å². The standard InChI is InChI=1S/C19H28N4O3/c1-3-15(17(24)20-16-4-11(2)26-23-16)21-22-18(25)19-8-12-5-13(9-19)7-14(6-12)10-19/h4,12-15,21H,3,5-10H2,1-2H3,(H,22,25)(H,20,23,24). The Bertz CT molecular complexity index is 663. The van der Waals surface area contributed by atoms with Crippen LogP contribution in [0.2, 0.25) is 0 Å². The van der Waals surface area contributed by atoms with Crippen molar-refractivity contribution in [2.75, 3.05) is 5.32 Å². The summed E-state index contributed by atoms with van der Waals surface area (Å²) in [4.78, 5) is 25.4. The lowest BCUT2D eigenvalue weighted by atomic mass is 9.49. The largest absolute Gasteiger partial charge is 0.360 e. The van der Waals surface area contributed by atoms with Crippen LogP contribution in [0.4, 0.5) is 5.82 Å². The van der Waals surface area contributed by atoms with Crippen LogP contribution < -0.4 is 16.2 Å². The molecular weight excluding hydrogens is 332 g/mol. The number of hydrazine groups is 1. The number of carbonyl (C=O) groups is 2. The number of hydrogen-bond acceptors (Lipinski definition) is 5. The van der Waals surface area contributed by atoms with Gasteiger partial charge in [0.15, 0.2) is 5.82 Å². The first-order valence-electron chi connectivity index (χ1n) is 9.77. The van der Waals surface area contributed by atoms with Crippen molar-refractivity contribution in [1.82, 2.24) is 16.0 Å². The molecule has 4 bridgehead atoms. The second-order valence-corrected chi connectivity index (χ2v) is 8.57. The topological polar surface area (TPSA) is 96.3 Å². The van der Waals surface area contributed by atoms with E-state index in [4.69, 9.17) is 4.52 Å². The number of rotatable bonds is 6. The quantitative estimate of drug-likeness (QED) is 0.678. The number of amides is 2. The SMILES string of the molecule is CCC(NNC(=O)C12CC3CC(CC(C3)C1)C2)C(=O)Nc1cc(C)on1. The molecule has 7 nitrogen and oxygen atoms in total. The molecule has 26 heavy (non-hydrogen) atoms. The summed E-state index contributed by atoms with van der Waals surface area (Å²) in [7, 11) is 0. The maximum Gasteiger partial charge on any atom is 0.244 e. The van der Waals surface area contributed by atoms with Gasteiger partial charge in [-0.1, -0.05) is 12.1 Å². The Labute approximate surface area is 153 Å². The van der Waals surface area contributed by atoms with E-state index in [2.05, 4.69) is 21.3 Å². The Morgan fingerprint density at radius 2 is 1.85 bits per heavy atom. The van der Waals surface area contributed by atoms with E-state index < -0.39 is 6.04 Å². The third kappa shape index (κ3) is 3.24. The van der Waals surface area contributed by atoms with Crippen LogP contribution in [-0.2, 0) is 9.59 Å². The average Bonchev–Trinajstić information content (AvgIpc) is 2.98. The molecule has 0 spiro atoms. The molecule has 0 aliphatic heterocycles. The third-order valence-electron chi connectivity index (χ3n) is 6.48. The van der Waals surface area contributed by atoms with Crippen LogP contribution in [0.1, 0.15) is 57.6 Å². The molecule has 5 rings (SSSR count). The Balaban J connectivity index is 1.34. The summed E-state index contributed by atoms with van der Waals surface area (Å²) in [5.41, 5.74) is 5.60. The second-order valence-electron chi connectivity index (χ2n) is 8.57. The smallest absolute Gasteiger partial charge is 0.244 e. The van der Waals surface area contributed by atoms with Gasteiger partial charge in [-0.3, -0.25) is 15.0 Å². The Kier molecular flexibility index (Phi) is 4.50. The number of aryl methyl sites for hydroxylation is 1. The highest BCUT2D eigenvalue weighted by atomic mass is 16.5. The van der Waals surface area contributed by atoms with Gasteiger partial charge in [-0.2, -0.15) is 0 Å². The van der Waals surface area contributed by atoms with E-state index in [0.29, 0.717) is 35.8 Å². The first kappa shape index (κ1) is 17.5. The third-order valence-corrected chi connectivity index (χ3v) is 6.48. The number of nitrogens with one attached hydrogen (secondary N) is 3. The lowest BCUT2D eigenvalue weighted by molar-refractivity contribution is -0.147. The molecule has 4 aliphatic carbocycles. The Morgan fingerprint density at radius 3 is 2.35 bits per heavy atom. The molecule has 4 aliphatic rings. The minimum Gasteiger partial charge on any atom is -0.360 e. The molecule has 1 aromatic rings. The molecule has 4 saturated carbocycles. The minimum atomic E-state index is -0.509. The number of nitrogens with zero attached hydrogens (tertiary/aromatic N) is 1. The highest BCUT2D eigenvalue weighted by Crippen LogP contribution is 2.60. The first-order chi connectivity index (χ1) is 12.5. The molecule has 1 heterocycles. The molecule has 0 radical (unpaired) electrons. The fourth-order valence-corrected chi connectivity index (χ4v) is 5.67. The lowest BCUT2D eigenvalue weighted by Crippen LogP contribution is -2.58. The summed E-state index contributed by atoms with van der Waals surface area (Å²) < 4.78 is 4.96. The highest BCUT2D eigenvalue weighted by molar-refractivity contribution is 5.94. The second kappa shape index (κ2) is 6.68. The van der Waals surface area contributed by atoms with Crippen LogP contribution in [0.25, 0.3) is 0 Å². The molecule has 4 fully saturated rings. The van der Waals surface area contributed by atoms with Crippen molar-refractivity contribution in [3.05, 3.63) is 11.8 Å². The van der Waals surface area contributed by atoms with Gasteiger partial charge in [-0.15, -0.1) is 0 Å². The Morgan fingerprint density at radius 1 is 1.23 bits per heavy atom. The van der Waals surface area contributed by atoms with Gasteiger partial charge in [-0.05, 0) is 69.6 Å². The van der Waals surface area contributed by atoms with Crippen LogP contribution >= 0.6 is 0 Å². The number of carbonyl (C=O) groups excluding carboxylic acids is 2. The lowest BCUT2D eigenvalue weighted by Gasteiger charge is -2.55. The monoisotopic (exact) mass is 360 g/mol. The number of aromatic nitrogens is 1. The van der Waals surface area contributed by atoms with Gasteiger partial charge in [0.05, 0.1) is 5.41 Å². The maximum atomic E-state index is 13.0. The van der Waals surface area contributed by atoms with Crippen LogP contribution in [0, 0.1) is 30.1 Å². The van der Waals surface area contributed by atoms with E-state index >= 15 is 0 Å². The fourth-order valence-electron chi connectivity index (χ4n) is 5.67.